The topological polar surface area (TPSA) is 72.7 Å². The van der Waals surface area contributed by atoms with Gasteiger partial charge in [0, 0.05) is 13.0 Å². The van der Waals surface area contributed by atoms with Crippen LogP contribution >= 0.6 is 11.3 Å². The van der Waals surface area contributed by atoms with Crippen LogP contribution in [0.4, 0.5) is 5.13 Å². The van der Waals surface area contributed by atoms with Crippen molar-refractivity contribution in [2.45, 2.75) is 26.3 Å². The van der Waals surface area contributed by atoms with E-state index in [1.807, 2.05) is 35.8 Å². The molecule has 21 heavy (non-hydrogen) atoms. The highest BCUT2D eigenvalue weighted by atomic mass is 32.1. The lowest BCUT2D eigenvalue weighted by Gasteiger charge is -2.04. The number of nitrogens with zero attached hydrogens (tertiary/aromatic N) is 4. The first-order valence-corrected chi connectivity index (χ1v) is 7.60. The molecule has 0 spiro atoms. The largest absolute Gasteiger partial charge is 0.330 e. The first kappa shape index (κ1) is 13.7. The van der Waals surface area contributed by atoms with Gasteiger partial charge in [0.25, 0.3) is 0 Å². The molecule has 3 rings (SSSR count). The number of imidazole rings is 1. The van der Waals surface area contributed by atoms with Gasteiger partial charge in [-0.3, -0.25) is 4.79 Å². The first-order chi connectivity index (χ1) is 10.3. The summed E-state index contributed by atoms with van der Waals surface area (Å²) in [7, 11) is 0. The maximum atomic E-state index is 11.9. The zero-order chi connectivity index (χ0) is 14.7. The molecule has 1 amide bonds. The molecule has 0 aliphatic carbocycles. The maximum absolute atomic E-state index is 11.9. The molecule has 1 aromatic carbocycles. The van der Waals surface area contributed by atoms with Gasteiger partial charge in [0.05, 0.1) is 17.4 Å². The smallest absolute Gasteiger partial charge is 0.227 e. The summed E-state index contributed by atoms with van der Waals surface area (Å²) in [5.74, 6) is -0.0633. The van der Waals surface area contributed by atoms with Crippen LogP contribution in [0.2, 0.25) is 0 Å². The van der Waals surface area contributed by atoms with E-state index in [9.17, 15) is 4.79 Å². The summed E-state index contributed by atoms with van der Waals surface area (Å²) in [6.07, 6.45) is 2.97. The molecule has 108 valence electrons. The summed E-state index contributed by atoms with van der Waals surface area (Å²) in [5, 5.41) is 12.2. The lowest BCUT2D eigenvalue weighted by Crippen LogP contribution is -2.14. The van der Waals surface area contributed by atoms with Gasteiger partial charge in [-0.05, 0) is 18.6 Å². The second-order valence-electron chi connectivity index (χ2n) is 4.58. The third-order valence-corrected chi connectivity index (χ3v) is 4.11. The summed E-state index contributed by atoms with van der Waals surface area (Å²) in [6, 6.07) is 7.87. The van der Waals surface area contributed by atoms with Crippen molar-refractivity contribution in [2.24, 2.45) is 0 Å². The number of hydrogen-bond donors (Lipinski definition) is 1. The zero-order valence-corrected chi connectivity index (χ0v) is 12.4. The Balaban J connectivity index is 1.60. The number of hydrogen-bond acceptors (Lipinski definition) is 5. The van der Waals surface area contributed by atoms with E-state index in [4.69, 9.17) is 0 Å². The van der Waals surface area contributed by atoms with Crippen molar-refractivity contribution in [3.63, 3.8) is 0 Å². The van der Waals surface area contributed by atoms with Crippen LogP contribution < -0.4 is 5.32 Å². The van der Waals surface area contributed by atoms with Gasteiger partial charge in [-0.15, -0.1) is 10.2 Å². The van der Waals surface area contributed by atoms with Crippen LogP contribution in [0, 0.1) is 0 Å². The van der Waals surface area contributed by atoms with Crippen molar-refractivity contribution in [1.82, 2.24) is 19.7 Å². The van der Waals surface area contributed by atoms with E-state index in [0.717, 1.165) is 22.5 Å². The Morgan fingerprint density at radius 1 is 1.33 bits per heavy atom. The highest BCUT2D eigenvalue weighted by molar-refractivity contribution is 7.15. The van der Waals surface area contributed by atoms with Crippen molar-refractivity contribution in [2.75, 3.05) is 5.32 Å². The van der Waals surface area contributed by atoms with E-state index >= 15 is 0 Å². The van der Waals surface area contributed by atoms with E-state index < -0.39 is 0 Å². The van der Waals surface area contributed by atoms with Gasteiger partial charge in [-0.1, -0.05) is 30.4 Å². The molecule has 0 fully saturated rings. The molecule has 0 saturated carbocycles. The molecule has 0 aliphatic heterocycles. The minimum Gasteiger partial charge on any atom is -0.330 e. The maximum Gasteiger partial charge on any atom is 0.227 e. The Bertz CT molecular complexity index is 763. The fourth-order valence-corrected chi connectivity index (χ4v) is 2.73. The number of carbonyl (C=O) groups excluding carboxylic acids is 1. The molecule has 0 atom stereocenters. The number of anilines is 1. The lowest BCUT2D eigenvalue weighted by molar-refractivity contribution is -0.116. The second kappa shape index (κ2) is 6.01. The third-order valence-electron chi connectivity index (χ3n) is 3.12. The van der Waals surface area contributed by atoms with Crippen molar-refractivity contribution in [3.05, 3.63) is 35.6 Å². The van der Waals surface area contributed by atoms with E-state index in [0.29, 0.717) is 18.1 Å². The van der Waals surface area contributed by atoms with Crippen molar-refractivity contribution < 1.29 is 4.79 Å². The molecule has 0 radical (unpaired) electrons. The van der Waals surface area contributed by atoms with Crippen LogP contribution in [0.25, 0.3) is 11.0 Å². The van der Waals surface area contributed by atoms with Gasteiger partial charge in [-0.25, -0.2) is 4.98 Å². The van der Waals surface area contributed by atoms with Crippen molar-refractivity contribution in [3.8, 4) is 0 Å². The predicted octanol–water partition coefficient (Wildman–Crippen LogP) is 2.48. The van der Waals surface area contributed by atoms with Crippen LogP contribution in [-0.4, -0.2) is 25.7 Å². The summed E-state index contributed by atoms with van der Waals surface area (Å²) >= 11 is 1.41. The molecule has 0 unspecified atom stereocenters. The number of aromatic nitrogens is 4. The van der Waals surface area contributed by atoms with E-state index in [1.54, 1.807) is 6.33 Å². The number of aryl methyl sites for hydroxylation is 2. The van der Waals surface area contributed by atoms with Gasteiger partial charge >= 0.3 is 0 Å². The average molecular weight is 301 g/mol. The number of para-hydroxylation sites is 2. The third kappa shape index (κ3) is 3.08. The minimum absolute atomic E-state index is 0.0633. The normalized spacial score (nSPS) is 10.9. The molecule has 2 aromatic heterocycles. The second-order valence-corrected chi connectivity index (χ2v) is 5.64. The number of rotatable bonds is 5. The van der Waals surface area contributed by atoms with E-state index in [2.05, 4.69) is 20.5 Å². The van der Waals surface area contributed by atoms with E-state index in [1.165, 1.54) is 11.3 Å². The Morgan fingerprint density at radius 3 is 3.00 bits per heavy atom. The lowest BCUT2D eigenvalue weighted by atomic mass is 10.3. The Hall–Kier alpha value is -2.28. The van der Waals surface area contributed by atoms with Gasteiger partial charge < -0.3 is 9.88 Å². The number of carbonyl (C=O) groups is 1. The minimum atomic E-state index is -0.0633. The zero-order valence-electron chi connectivity index (χ0n) is 11.6. The molecule has 7 heteroatoms. The average Bonchev–Trinajstić information content (AvgIpc) is 3.11. The molecule has 2 heterocycles. The fraction of sp³-hybridized carbons (Fsp3) is 0.286. The highest BCUT2D eigenvalue weighted by Crippen LogP contribution is 2.16. The van der Waals surface area contributed by atoms with Crippen LogP contribution in [0.15, 0.2) is 30.6 Å². The Kier molecular flexibility index (Phi) is 3.92. The van der Waals surface area contributed by atoms with E-state index in [-0.39, 0.29) is 5.91 Å². The van der Waals surface area contributed by atoms with Crippen molar-refractivity contribution >= 4 is 33.4 Å². The molecule has 0 bridgehead atoms. The molecule has 1 N–H and O–H groups in total. The van der Waals surface area contributed by atoms with Gasteiger partial charge in [0.15, 0.2) is 0 Å². The summed E-state index contributed by atoms with van der Waals surface area (Å²) in [5.41, 5.74) is 1.98. The number of benzene rings is 1. The summed E-state index contributed by atoms with van der Waals surface area (Å²) in [4.78, 5) is 16.2. The summed E-state index contributed by atoms with van der Waals surface area (Å²) in [6.45, 7) is 2.60. The quantitative estimate of drug-likeness (QED) is 0.785. The van der Waals surface area contributed by atoms with Gasteiger partial charge in [0.1, 0.15) is 5.01 Å². The molecule has 0 aliphatic rings. The number of nitrogens with one attached hydrogen (secondary N) is 1. The van der Waals surface area contributed by atoms with Crippen LogP contribution in [0.5, 0.6) is 0 Å². The Labute approximate surface area is 125 Å². The summed E-state index contributed by atoms with van der Waals surface area (Å²) < 4.78 is 1.98. The monoisotopic (exact) mass is 301 g/mol. The molecule has 6 nitrogen and oxygen atoms in total. The van der Waals surface area contributed by atoms with Crippen molar-refractivity contribution in [1.29, 1.82) is 0 Å². The van der Waals surface area contributed by atoms with Gasteiger partial charge in [0.2, 0.25) is 11.0 Å². The predicted molar refractivity (Wildman–Crippen MR) is 82.3 cm³/mol. The van der Waals surface area contributed by atoms with Crippen LogP contribution in [0.3, 0.4) is 0 Å². The standard InChI is InChI=1S/C14H15N5OS/c1-2-13-17-18-14(21-13)16-12(20)7-8-19-9-15-10-5-3-4-6-11(10)19/h3-6,9H,2,7-8H2,1H3,(H,16,18,20). The molecule has 0 saturated heterocycles. The fourth-order valence-electron chi connectivity index (χ4n) is 2.04. The number of fused-ring (bicyclic) bond motifs is 1. The number of amides is 1. The molecular formula is C14H15N5OS. The molecule has 3 aromatic rings. The Morgan fingerprint density at radius 2 is 2.19 bits per heavy atom. The van der Waals surface area contributed by atoms with Gasteiger partial charge in [-0.2, -0.15) is 0 Å². The first-order valence-electron chi connectivity index (χ1n) is 6.78. The molecular weight excluding hydrogens is 286 g/mol. The van der Waals surface area contributed by atoms with Crippen LogP contribution in [-0.2, 0) is 17.8 Å². The SMILES string of the molecule is CCc1nnc(NC(=O)CCn2cnc3ccccc32)s1. The van der Waals surface area contributed by atoms with Crippen LogP contribution in [0.1, 0.15) is 18.4 Å². The highest BCUT2D eigenvalue weighted by Gasteiger charge is 2.08.